The molecule has 0 saturated carbocycles. The van der Waals surface area contributed by atoms with Crippen LogP contribution in [0.15, 0.2) is 85.1 Å². The van der Waals surface area contributed by atoms with Gasteiger partial charge in [-0.3, -0.25) is 4.79 Å². The number of hydrogen-bond donors (Lipinski definition) is 1. The molecule has 2 aromatic heterocycles. The molecule has 0 spiro atoms. The number of carbonyl (C=O) groups is 1. The summed E-state index contributed by atoms with van der Waals surface area (Å²) >= 11 is 0. The van der Waals surface area contributed by atoms with Gasteiger partial charge in [-0.2, -0.15) is 10.4 Å². The van der Waals surface area contributed by atoms with Gasteiger partial charge >= 0.3 is 0 Å². The number of para-hydroxylation sites is 1. The number of methoxy groups -OCH3 is 1. The van der Waals surface area contributed by atoms with Crippen LogP contribution >= 0.6 is 0 Å². The van der Waals surface area contributed by atoms with Crippen molar-refractivity contribution < 1.29 is 9.53 Å². The predicted octanol–water partition coefficient (Wildman–Crippen LogP) is 3.86. The Balaban J connectivity index is 1.60. The van der Waals surface area contributed by atoms with Crippen molar-refractivity contribution in [2.24, 2.45) is 0 Å². The molecule has 0 aliphatic rings. The number of aryl methyl sites for hydroxylation is 1. The minimum absolute atomic E-state index is 0.0133. The molecule has 34 heavy (non-hydrogen) atoms. The predicted molar refractivity (Wildman–Crippen MR) is 129 cm³/mol. The van der Waals surface area contributed by atoms with E-state index in [-0.39, 0.29) is 5.57 Å². The number of benzene rings is 2. The summed E-state index contributed by atoms with van der Waals surface area (Å²) in [5, 5.41) is 17.3. The summed E-state index contributed by atoms with van der Waals surface area (Å²) < 4.78 is 9.03. The summed E-state index contributed by atoms with van der Waals surface area (Å²) in [7, 11) is 1.60. The van der Waals surface area contributed by atoms with Crippen molar-refractivity contribution in [2.75, 3.05) is 13.7 Å². The first-order valence-electron chi connectivity index (χ1n) is 10.8. The van der Waals surface area contributed by atoms with Gasteiger partial charge in [-0.25, -0.2) is 9.67 Å². The average molecular weight is 453 g/mol. The van der Waals surface area contributed by atoms with Gasteiger partial charge < -0.3 is 14.6 Å². The van der Waals surface area contributed by atoms with Crippen LogP contribution in [-0.4, -0.2) is 38.9 Å². The Morgan fingerprint density at radius 3 is 2.79 bits per heavy atom. The van der Waals surface area contributed by atoms with Gasteiger partial charge in [-0.15, -0.1) is 0 Å². The first kappa shape index (κ1) is 22.6. The van der Waals surface area contributed by atoms with Crippen molar-refractivity contribution in [1.82, 2.24) is 24.6 Å². The number of nitrogens with zero attached hydrogens (tertiary/aromatic N) is 5. The fourth-order valence-electron chi connectivity index (χ4n) is 3.48. The maximum atomic E-state index is 12.7. The Morgan fingerprint density at radius 1 is 1.21 bits per heavy atom. The van der Waals surface area contributed by atoms with Gasteiger partial charge in [0.05, 0.1) is 19.1 Å². The maximum Gasteiger partial charge on any atom is 0.261 e. The molecule has 2 heterocycles. The topological polar surface area (TPSA) is 97.8 Å². The quantitative estimate of drug-likeness (QED) is 0.236. The molecule has 0 bridgehead atoms. The third-order valence-corrected chi connectivity index (χ3v) is 5.21. The highest BCUT2D eigenvalue weighted by atomic mass is 16.5. The normalized spacial score (nSPS) is 11.1. The summed E-state index contributed by atoms with van der Waals surface area (Å²) in [5.41, 5.74) is 3.00. The fourth-order valence-corrected chi connectivity index (χ4v) is 3.48. The SMILES string of the molecule is COc1cccc(-c2nn(-c3ccccc3)cc2/C=C(\C#N)C(=O)NCCCn2ccnc2)c1. The number of nitriles is 1. The van der Waals surface area contributed by atoms with Crippen LogP contribution in [0.5, 0.6) is 5.75 Å². The zero-order valence-electron chi connectivity index (χ0n) is 18.8. The standard InChI is InChI=1S/C26H24N6O2/c1-34-24-10-5-7-20(16-24)25-22(18-32(30-25)23-8-3-2-4-9-23)15-21(17-27)26(33)29-11-6-13-31-14-12-28-19-31/h2-5,7-10,12,14-16,18-19H,6,11,13H2,1H3,(H,29,33)/b21-15+. The summed E-state index contributed by atoms with van der Waals surface area (Å²) in [6.07, 6.45) is 9.42. The zero-order valence-corrected chi connectivity index (χ0v) is 18.8. The molecule has 0 atom stereocenters. The monoisotopic (exact) mass is 452 g/mol. The first-order chi connectivity index (χ1) is 16.7. The molecule has 4 rings (SSSR count). The number of carbonyl (C=O) groups excluding carboxylic acids is 1. The van der Waals surface area contributed by atoms with Gasteiger partial charge in [0, 0.05) is 42.8 Å². The second-order valence-corrected chi connectivity index (χ2v) is 7.52. The molecule has 1 amide bonds. The molecule has 0 aliphatic carbocycles. The van der Waals surface area contributed by atoms with Gasteiger partial charge in [0.25, 0.3) is 5.91 Å². The van der Waals surface area contributed by atoms with Crippen LogP contribution in [0.25, 0.3) is 23.0 Å². The van der Waals surface area contributed by atoms with E-state index in [2.05, 4.69) is 10.3 Å². The number of hydrogen-bond acceptors (Lipinski definition) is 5. The molecule has 0 radical (unpaired) electrons. The number of aromatic nitrogens is 4. The molecule has 0 fully saturated rings. The molecule has 1 N–H and O–H groups in total. The summed E-state index contributed by atoms with van der Waals surface area (Å²) in [5.74, 6) is 0.273. The zero-order chi connectivity index (χ0) is 23.8. The number of rotatable bonds is 9. The van der Waals surface area contributed by atoms with E-state index in [0.29, 0.717) is 23.6 Å². The highest BCUT2D eigenvalue weighted by Gasteiger charge is 2.15. The van der Waals surface area contributed by atoms with Crippen molar-refractivity contribution in [3.63, 3.8) is 0 Å². The number of ether oxygens (including phenoxy) is 1. The maximum absolute atomic E-state index is 12.7. The second kappa shape index (κ2) is 10.8. The van der Waals surface area contributed by atoms with E-state index in [1.54, 1.807) is 30.4 Å². The molecule has 0 saturated heterocycles. The second-order valence-electron chi connectivity index (χ2n) is 7.52. The molecule has 0 unspecified atom stereocenters. The lowest BCUT2D eigenvalue weighted by Crippen LogP contribution is -2.26. The number of amides is 1. The summed E-state index contributed by atoms with van der Waals surface area (Å²) in [6, 6.07) is 19.2. The van der Waals surface area contributed by atoms with Crippen LogP contribution in [0.4, 0.5) is 0 Å². The lowest BCUT2D eigenvalue weighted by molar-refractivity contribution is -0.117. The van der Waals surface area contributed by atoms with E-state index in [0.717, 1.165) is 24.2 Å². The number of nitrogens with one attached hydrogen (secondary N) is 1. The molecule has 2 aromatic carbocycles. The van der Waals surface area contributed by atoms with Gasteiger partial charge in [-0.05, 0) is 36.8 Å². The van der Waals surface area contributed by atoms with Gasteiger partial charge in [-0.1, -0.05) is 30.3 Å². The van der Waals surface area contributed by atoms with Crippen LogP contribution in [0.3, 0.4) is 0 Å². The highest BCUT2D eigenvalue weighted by Crippen LogP contribution is 2.28. The number of imidazole rings is 1. The van der Waals surface area contributed by atoms with E-state index < -0.39 is 5.91 Å². The van der Waals surface area contributed by atoms with E-state index in [1.165, 1.54) is 0 Å². The Kier molecular flexibility index (Phi) is 7.16. The third-order valence-electron chi connectivity index (χ3n) is 5.21. The van der Waals surface area contributed by atoms with Crippen molar-refractivity contribution in [1.29, 1.82) is 5.26 Å². The van der Waals surface area contributed by atoms with Crippen LogP contribution in [0.1, 0.15) is 12.0 Å². The third kappa shape index (κ3) is 5.40. The average Bonchev–Trinajstić information content (AvgIpc) is 3.56. The van der Waals surface area contributed by atoms with Gasteiger partial charge in [0.1, 0.15) is 23.1 Å². The Hall–Kier alpha value is -4.64. The van der Waals surface area contributed by atoms with E-state index >= 15 is 0 Å². The Bertz CT molecular complexity index is 1320. The Labute approximate surface area is 197 Å². The highest BCUT2D eigenvalue weighted by molar-refractivity contribution is 6.02. The van der Waals surface area contributed by atoms with Crippen molar-refractivity contribution in [3.8, 4) is 28.8 Å². The molecular weight excluding hydrogens is 428 g/mol. The van der Waals surface area contributed by atoms with Gasteiger partial charge in [0.15, 0.2) is 0 Å². The van der Waals surface area contributed by atoms with Crippen LogP contribution in [-0.2, 0) is 11.3 Å². The van der Waals surface area contributed by atoms with E-state index in [4.69, 9.17) is 9.84 Å². The first-order valence-corrected chi connectivity index (χ1v) is 10.8. The summed E-state index contributed by atoms with van der Waals surface area (Å²) in [4.78, 5) is 16.7. The molecule has 170 valence electrons. The molecular formula is C26H24N6O2. The molecule has 4 aromatic rings. The van der Waals surface area contributed by atoms with Crippen molar-refractivity contribution >= 4 is 12.0 Å². The minimum atomic E-state index is -0.419. The van der Waals surface area contributed by atoms with E-state index in [1.807, 2.05) is 77.6 Å². The van der Waals surface area contributed by atoms with Crippen LogP contribution in [0, 0.1) is 11.3 Å². The largest absolute Gasteiger partial charge is 0.497 e. The van der Waals surface area contributed by atoms with E-state index in [9.17, 15) is 10.1 Å². The van der Waals surface area contributed by atoms with Crippen LogP contribution in [0.2, 0.25) is 0 Å². The van der Waals surface area contributed by atoms with Crippen molar-refractivity contribution in [2.45, 2.75) is 13.0 Å². The van der Waals surface area contributed by atoms with Gasteiger partial charge in [0.2, 0.25) is 0 Å². The smallest absolute Gasteiger partial charge is 0.261 e. The lowest BCUT2D eigenvalue weighted by atomic mass is 10.1. The minimum Gasteiger partial charge on any atom is -0.497 e. The van der Waals surface area contributed by atoms with Crippen molar-refractivity contribution in [3.05, 3.63) is 90.7 Å². The molecule has 8 nitrogen and oxygen atoms in total. The fraction of sp³-hybridized carbons (Fsp3) is 0.154. The summed E-state index contributed by atoms with van der Waals surface area (Å²) in [6.45, 7) is 1.18. The lowest BCUT2D eigenvalue weighted by Gasteiger charge is -2.06. The Morgan fingerprint density at radius 2 is 2.06 bits per heavy atom. The molecule has 0 aliphatic heterocycles. The van der Waals surface area contributed by atoms with Crippen LogP contribution < -0.4 is 10.1 Å². The molecule has 8 heteroatoms.